The lowest BCUT2D eigenvalue weighted by Gasteiger charge is -2.44. The number of aliphatic hydroxyl groups is 1. The molecular formula is C28H46O. The summed E-state index contributed by atoms with van der Waals surface area (Å²) in [5.41, 5.74) is 3.63. The van der Waals surface area contributed by atoms with Gasteiger partial charge in [-0.1, -0.05) is 77.0 Å². The van der Waals surface area contributed by atoms with Gasteiger partial charge in [0.1, 0.15) is 0 Å². The van der Waals surface area contributed by atoms with Crippen molar-refractivity contribution in [1.29, 1.82) is 0 Å². The Hall–Kier alpha value is -0.820. The zero-order chi connectivity index (χ0) is 21.2. The van der Waals surface area contributed by atoms with Crippen molar-refractivity contribution in [2.45, 2.75) is 99.0 Å². The Labute approximate surface area is 180 Å². The molecule has 0 amide bonds. The van der Waals surface area contributed by atoms with Crippen molar-refractivity contribution in [3.05, 3.63) is 35.5 Å². The fraction of sp³-hybridized carbons (Fsp3) is 0.786. The van der Waals surface area contributed by atoms with E-state index in [1.165, 1.54) is 37.7 Å². The van der Waals surface area contributed by atoms with Crippen LogP contribution in [0.5, 0.6) is 0 Å². The molecule has 0 unspecified atom stereocenters. The highest BCUT2D eigenvalue weighted by molar-refractivity contribution is 5.27. The Kier molecular flexibility index (Phi) is 7.52. The lowest BCUT2D eigenvalue weighted by atomic mass is 9.61. The third kappa shape index (κ3) is 5.09. The molecule has 1 heteroatoms. The largest absolute Gasteiger partial charge is 0.393 e. The Morgan fingerprint density at radius 2 is 1.69 bits per heavy atom. The van der Waals surface area contributed by atoms with E-state index in [1.54, 1.807) is 5.57 Å². The minimum absolute atomic E-state index is 0.121. The van der Waals surface area contributed by atoms with Gasteiger partial charge >= 0.3 is 0 Å². The first-order valence-corrected chi connectivity index (χ1v) is 12.5. The predicted octanol–water partition coefficient (Wildman–Crippen LogP) is 7.72. The monoisotopic (exact) mass is 398 g/mol. The molecule has 0 bridgehead atoms. The summed E-state index contributed by atoms with van der Waals surface area (Å²) in [6, 6.07) is 0. The topological polar surface area (TPSA) is 20.2 Å². The summed E-state index contributed by atoms with van der Waals surface area (Å²) in [6.07, 6.45) is 19.5. The van der Waals surface area contributed by atoms with Gasteiger partial charge in [0.2, 0.25) is 0 Å². The van der Waals surface area contributed by atoms with Crippen LogP contribution >= 0.6 is 0 Å². The van der Waals surface area contributed by atoms with Gasteiger partial charge in [0.25, 0.3) is 0 Å². The number of aliphatic hydroxyl groups excluding tert-OH is 1. The van der Waals surface area contributed by atoms with Crippen molar-refractivity contribution in [3.63, 3.8) is 0 Å². The van der Waals surface area contributed by atoms with E-state index in [2.05, 4.69) is 65.8 Å². The molecule has 1 N–H and O–H groups in total. The van der Waals surface area contributed by atoms with Crippen molar-refractivity contribution in [1.82, 2.24) is 0 Å². The van der Waals surface area contributed by atoms with Crippen LogP contribution in [0.15, 0.2) is 35.5 Å². The molecule has 3 aliphatic rings. The van der Waals surface area contributed by atoms with Crippen molar-refractivity contribution in [3.8, 4) is 0 Å². The van der Waals surface area contributed by atoms with Crippen LogP contribution in [-0.4, -0.2) is 11.2 Å². The first kappa shape index (κ1) is 22.9. The normalized spacial score (nSPS) is 40.7. The molecule has 3 saturated carbocycles. The highest BCUT2D eigenvalue weighted by Crippen LogP contribution is 2.59. The molecule has 0 aliphatic heterocycles. The van der Waals surface area contributed by atoms with Gasteiger partial charge < -0.3 is 5.11 Å². The highest BCUT2D eigenvalue weighted by Gasteiger charge is 2.50. The minimum atomic E-state index is -0.121. The Bertz CT molecular complexity index is 639. The fourth-order valence-electron chi connectivity index (χ4n) is 6.50. The fourth-order valence-corrected chi connectivity index (χ4v) is 6.50. The van der Waals surface area contributed by atoms with Crippen molar-refractivity contribution in [2.75, 3.05) is 0 Å². The Morgan fingerprint density at radius 3 is 2.41 bits per heavy atom. The second kappa shape index (κ2) is 9.54. The van der Waals surface area contributed by atoms with Crippen LogP contribution in [0.1, 0.15) is 92.9 Å². The summed E-state index contributed by atoms with van der Waals surface area (Å²) in [7, 11) is 0. The van der Waals surface area contributed by atoms with Crippen molar-refractivity contribution < 1.29 is 5.11 Å². The predicted molar refractivity (Wildman–Crippen MR) is 126 cm³/mol. The number of allylic oxidation sites excluding steroid dienone is 5. The van der Waals surface area contributed by atoms with Gasteiger partial charge in [-0.25, -0.2) is 0 Å². The van der Waals surface area contributed by atoms with Gasteiger partial charge in [0.15, 0.2) is 0 Å². The van der Waals surface area contributed by atoms with E-state index >= 15 is 0 Å². The van der Waals surface area contributed by atoms with Crippen LogP contribution in [0.4, 0.5) is 0 Å². The van der Waals surface area contributed by atoms with Gasteiger partial charge in [-0.3, -0.25) is 0 Å². The molecule has 0 spiro atoms. The molecule has 0 aromatic rings. The molecule has 0 heterocycles. The van der Waals surface area contributed by atoms with Crippen LogP contribution in [-0.2, 0) is 0 Å². The molecule has 0 radical (unpaired) electrons. The van der Waals surface area contributed by atoms with E-state index < -0.39 is 0 Å². The maximum Gasteiger partial charge on any atom is 0.0577 e. The van der Waals surface area contributed by atoms with Crippen LogP contribution < -0.4 is 0 Å². The summed E-state index contributed by atoms with van der Waals surface area (Å²) >= 11 is 0. The number of hydrogen-bond acceptors (Lipinski definition) is 1. The average Bonchev–Trinajstić information content (AvgIpc) is 3.04. The Balaban J connectivity index is 1.74. The van der Waals surface area contributed by atoms with Crippen LogP contribution in [0.3, 0.4) is 0 Å². The van der Waals surface area contributed by atoms with Gasteiger partial charge in [0.05, 0.1) is 6.10 Å². The molecular weight excluding hydrogens is 352 g/mol. The second-order valence-electron chi connectivity index (χ2n) is 11.3. The first-order chi connectivity index (χ1) is 13.7. The van der Waals surface area contributed by atoms with E-state index in [4.69, 9.17) is 0 Å². The van der Waals surface area contributed by atoms with E-state index in [0.29, 0.717) is 23.2 Å². The van der Waals surface area contributed by atoms with Crippen LogP contribution in [0.2, 0.25) is 0 Å². The molecule has 29 heavy (non-hydrogen) atoms. The zero-order valence-electron chi connectivity index (χ0n) is 20.0. The lowest BCUT2D eigenvalue weighted by Crippen LogP contribution is -2.35. The van der Waals surface area contributed by atoms with E-state index in [9.17, 15) is 5.11 Å². The smallest absolute Gasteiger partial charge is 0.0577 e. The van der Waals surface area contributed by atoms with Gasteiger partial charge in [0, 0.05) is 0 Å². The lowest BCUT2D eigenvalue weighted by molar-refractivity contribution is 0.112. The molecule has 7 atom stereocenters. The van der Waals surface area contributed by atoms with E-state index in [1.807, 2.05) is 0 Å². The maximum absolute atomic E-state index is 10.1. The number of rotatable bonds is 5. The van der Waals surface area contributed by atoms with Crippen molar-refractivity contribution in [2.24, 2.45) is 40.9 Å². The number of fused-ring (bicyclic) bond motifs is 1. The molecule has 0 aromatic carbocycles. The summed E-state index contributed by atoms with van der Waals surface area (Å²) in [5, 5.41) is 10.1. The summed E-state index contributed by atoms with van der Waals surface area (Å²) in [6.45, 7) is 14.4. The standard InChI is InChI=1S/C28H46O/c1-19(2)20(3)9-10-22(5)26-15-16-27-23(8-7-17-28(26,27)6)12-13-24-18-25(29)14-11-21(24)4/h9-10,12-13,19-22,25-27,29H,7-8,11,14-18H2,1-6H3/b10-9+,23-12?,24-13+/t20-,21+,22+,25-,26+,27-,28+/m0/s1. The summed E-state index contributed by atoms with van der Waals surface area (Å²) in [4.78, 5) is 0. The molecule has 164 valence electrons. The summed E-state index contributed by atoms with van der Waals surface area (Å²) < 4.78 is 0. The minimum Gasteiger partial charge on any atom is -0.393 e. The zero-order valence-corrected chi connectivity index (χ0v) is 20.0. The quantitative estimate of drug-likeness (QED) is 0.470. The van der Waals surface area contributed by atoms with Gasteiger partial charge in [-0.2, -0.15) is 0 Å². The first-order valence-electron chi connectivity index (χ1n) is 12.5. The van der Waals surface area contributed by atoms with Gasteiger partial charge in [-0.15, -0.1) is 0 Å². The molecule has 3 rings (SSSR count). The van der Waals surface area contributed by atoms with Crippen molar-refractivity contribution >= 4 is 0 Å². The highest BCUT2D eigenvalue weighted by atomic mass is 16.3. The molecule has 1 nitrogen and oxygen atoms in total. The summed E-state index contributed by atoms with van der Waals surface area (Å²) in [5.74, 6) is 4.29. The molecule has 0 saturated heterocycles. The SMILES string of the molecule is CC(C)[C@@H](C)/C=C/[C@@H](C)[C@H]1CC[C@H]2C(=C/C=C3\C[C@@H](O)CC[C@H]3C)CCC[C@]12C. The second-order valence-corrected chi connectivity index (χ2v) is 11.3. The molecule has 3 aliphatic carbocycles. The Morgan fingerprint density at radius 1 is 0.966 bits per heavy atom. The van der Waals surface area contributed by atoms with E-state index in [0.717, 1.165) is 37.0 Å². The van der Waals surface area contributed by atoms with Crippen LogP contribution in [0, 0.1) is 40.9 Å². The molecule has 0 aromatic heterocycles. The average molecular weight is 399 g/mol. The third-order valence-corrected chi connectivity index (χ3v) is 8.99. The van der Waals surface area contributed by atoms with E-state index in [-0.39, 0.29) is 6.10 Å². The third-order valence-electron chi connectivity index (χ3n) is 8.99. The number of hydrogen-bond donors (Lipinski definition) is 1. The molecule has 3 fully saturated rings. The van der Waals surface area contributed by atoms with Crippen LogP contribution in [0.25, 0.3) is 0 Å². The maximum atomic E-state index is 10.1. The van der Waals surface area contributed by atoms with Gasteiger partial charge in [-0.05, 0) is 92.3 Å².